The van der Waals surface area contributed by atoms with Crippen LogP contribution in [0, 0.1) is 5.82 Å². The zero-order valence-corrected chi connectivity index (χ0v) is 8.81. The Morgan fingerprint density at radius 1 is 1.40 bits per heavy atom. The number of piperazine rings is 1. The zero-order chi connectivity index (χ0) is 10.8. The molecule has 3 N–H and O–H groups in total. The number of aromatic hydroxyl groups is 1. The molecule has 1 aromatic carbocycles. The Hall–Kier alpha value is -0.840. The van der Waals surface area contributed by atoms with Crippen molar-refractivity contribution in [1.29, 1.82) is 0 Å². The van der Waals surface area contributed by atoms with Gasteiger partial charge in [0, 0.05) is 31.2 Å². The van der Waals surface area contributed by atoms with Crippen molar-refractivity contribution in [2.45, 2.75) is 6.04 Å². The molecule has 1 aliphatic heterocycles. The van der Waals surface area contributed by atoms with Crippen molar-refractivity contribution >= 4 is 11.6 Å². The van der Waals surface area contributed by atoms with Crippen LogP contribution >= 0.6 is 11.6 Å². The third kappa shape index (κ3) is 2.07. The van der Waals surface area contributed by atoms with Gasteiger partial charge < -0.3 is 15.7 Å². The van der Waals surface area contributed by atoms with E-state index in [-0.39, 0.29) is 16.8 Å². The van der Waals surface area contributed by atoms with E-state index in [2.05, 4.69) is 10.6 Å². The predicted octanol–water partition coefficient (Wildman–Crippen LogP) is 1.42. The lowest BCUT2D eigenvalue weighted by Gasteiger charge is -2.25. The molecule has 0 unspecified atom stereocenters. The Balaban J connectivity index is 2.31. The molecule has 3 nitrogen and oxygen atoms in total. The summed E-state index contributed by atoms with van der Waals surface area (Å²) in [6, 6.07) is 2.81. The van der Waals surface area contributed by atoms with E-state index < -0.39 is 5.82 Å². The second-order valence-corrected chi connectivity index (χ2v) is 3.89. The quantitative estimate of drug-likeness (QED) is 0.684. The molecule has 15 heavy (non-hydrogen) atoms. The van der Waals surface area contributed by atoms with Crippen molar-refractivity contribution in [2.75, 3.05) is 19.6 Å². The van der Waals surface area contributed by atoms with Gasteiger partial charge in [-0.05, 0) is 6.07 Å². The van der Waals surface area contributed by atoms with Gasteiger partial charge in [-0.1, -0.05) is 17.7 Å². The highest BCUT2D eigenvalue weighted by Gasteiger charge is 2.20. The van der Waals surface area contributed by atoms with Crippen LogP contribution in [0.25, 0.3) is 0 Å². The van der Waals surface area contributed by atoms with E-state index in [0.717, 1.165) is 13.1 Å². The van der Waals surface area contributed by atoms with Gasteiger partial charge >= 0.3 is 0 Å². The van der Waals surface area contributed by atoms with E-state index in [1.807, 2.05) is 0 Å². The molecule has 0 aromatic heterocycles. The largest absolute Gasteiger partial charge is 0.506 e. The minimum atomic E-state index is -0.596. The maximum Gasteiger partial charge on any atom is 0.145 e. The first kappa shape index (κ1) is 10.7. The van der Waals surface area contributed by atoms with E-state index in [4.69, 9.17) is 11.6 Å². The fraction of sp³-hybridized carbons (Fsp3) is 0.400. The molecule has 0 radical (unpaired) electrons. The van der Waals surface area contributed by atoms with E-state index >= 15 is 0 Å². The summed E-state index contributed by atoms with van der Waals surface area (Å²) in [4.78, 5) is 0. The van der Waals surface area contributed by atoms with Crippen LogP contribution < -0.4 is 10.6 Å². The number of nitrogens with one attached hydrogen (secondary N) is 2. The molecular weight excluding hydrogens is 219 g/mol. The number of hydrogen-bond donors (Lipinski definition) is 3. The van der Waals surface area contributed by atoms with Crippen LogP contribution in [0.1, 0.15) is 11.6 Å². The third-order valence-electron chi connectivity index (χ3n) is 2.52. The van der Waals surface area contributed by atoms with Crippen LogP contribution in [0.5, 0.6) is 5.75 Å². The molecule has 0 spiro atoms. The van der Waals surface area contributed by atoms with Crippen LogP contribution in [0.15, 0.2) is 12.1 Å². The maximum absolute atomic E-state index is 13.0. The standard InChI is InChI=1S/C10H12ClFN2O/c11-9-7(12)2-1-6(10(9)15)8-5-13-3-4-14-8/h1-2,8,13-15H,3-5H2/t8-/m0/s1. The van der Waals surface area contributed by atoms with E-state index in [0.29, 0.717) is 12.1 Å². The predicted molar refractivity (Wildman–Crippen MR) is 56.7 cm³/mol. The van der Waals surface area contributed by atoms with Gasteiger partial charge in [-0.2, -0.15) is 0 Å². The van der Waals surface area contributed by atoms with Gasteiger partial charge in [0.05, 0.1) is 0 Å². The Morgan fingerprint density at radius 3 is 2.87 bits per heavy atom. The summed E-state index contributed by atoms with van der Waals surface area (Å²) in [6.07, 6.45) is 0. The summed E-state index contributed by atoms with van der Waals surface area (Å²) in [5.41, 5.74) is 0.633. The van der Waals surface area contributed by atoms with Gasteiger partial charge in [0.25, 0.3) is 0 Å². The van der Waals surface area contributed by atoms with Crippen molar-refractivity contribution in [3.8, 4) is 5.75 Å². The minimum Gasteiger partial charge on any atom is -0.506 e. The van der Waals surface area contributed by atoms with Gasteiger partial charge in [-0.3, -0.25) is 0 Å². The van der Waals surface area contributed by atoms with Crippen molar-refractivity contribution < 1.29 is 9.50 Å². The Bertz CT molecular complexity index is 367. The third-order valence-corrected chi connectivity index (χ3v) is 2.88. The summed E-state index contributed by atoms with van der Waals surface area (Å²) in [5, 5.41) is 15.9. The fourth-order valence-electron chi connectivity index (χ4n) is 1.71. The number of halogens is 2. The second-order valence-electron chi connectivity index (χ2n) is 3.51. The average Bonchev–Trinajstić information content (AvgIpc) is 2.27. The number of rotatable bonds is 1. The molecule has 0 amide bonds. The van der Waals surface area contributed by atoms with Crippen molar-refractivity contribution in [1.82, 2.24) is 10.6 Å². The molecule has 0 aliphatic carbocycles. The molecule has 1 atom stereocenters. The SMILES string of the molecule is Oc1c([C@@H]2CNCCN2)ccc(F)c1Cl. The molecule has 1 aliphatic rings. The zero-order valence-electron chi connectivity index (χ0n) is 8.06. The lowest BCUT2D eigenvalue weighted by Crippen LogP contribution is -2.42. The number of phenolic OH excluding ortho intramolecular Hbond substituents is 1. The lowest BCUT2D eigenvalue weighted by molar-refractivity contribution is 0.402. The molecule has 1 saturated heterocycles. The van der Waals surface area contributed by atoms with Gasteiger partial charge in [0.1, 0.15) is 16.6 Å². The first-order valence-corrected chi connectivity index (χ1v) is 5.19. The Morgan fingerprint density at radius 2 is 2.20 bits per heavy atom. The first-order valence-electron chi connectivity index (χ1n) is 4.81. The summed E-state index contributed by atoms with van der Waals surface area (Å²) < 4.78 is 13.0. The normalized spacial score (nSPS) is 21.6. The van der Waals surface area contributed by atoms with Gasteiger partial charge in [-0.15, -0.1) is 0 Å². The van der Waals surface area contributed by atoms with Crippen LogP contribution in [-0.2, 0) is 0 Å². The molecule has 5 heteroatoms. The van der Waals surface area contributed by atoms with Gasteiger partial charge in [0.15, 0.2) is 0 Å². The topological polar surface area (TPSA) is 44.3 Å². The fourth-order valence-corrected chi connectivity index (χ4v) is 1.88. The average molecular weight is 231 g/mol. The first-order chi connectivity index (χ1) is 7.20. The molecule has 1 fully saturated rings. The van der Waals surface area contributed by atoms with E-state index in [1.54, 1.807) is 6.07 Å². The maximum atomic E-state index is 13.0. The number of benzene rings is 1. The summed E-state index contributed by atoms with van der Waals surface area (Å²) >= 11 is 5.63. The van der Waals surface area contributed by atoms with E-state index in [9.17, 15) is 9.50 Å². The summed E-state index contributed by atoms with van der Waals surface area (Å²) in [6.45, 7) is 2.42. The second kappa shape index (κ2) is 4.35. The Labute approximate surface area is 92.2 Å². The van der Waals surface area contributed by atoms with Crippen molar-refractivity contribution in [3.63, 3.8) is 0 Å². The van der Waals surface area contributed by atoms with Crippen molar-refractivity contribution in [2.24, 2.45) is 0 Å². The number of phenols is 1. The molecule has 1 heterocycles. The monoisotopic (exact) mass is 230 g/mol. The van der Waals surface area contributed by atoms with Crippen molar-refractivity contribution in [3.05, 3.63) is 28.5 Å². The molecule has 2 rings (SSSR count). The molecule has 82 valence electrons. The summed E-state index contributed by atoms with van der Waals surface area (Å²) in [7, 11) is 0. The highest BCUT2D eigenvalue weighted by Crippen LogP contribution is 2.33. The molecule has 0 saturated carbocycles. The highest BCUT2D eigenvalue weighted by molar-refractivity contribution is 6.32. The highest BCUT2D eigenvalue weighted by atomic mass is 35.5. The smallest absolute Gasteiger partial charge is 0.145 e. The Kier molecular flexibility index (Phi) is 3.09. The number of hydrogen-bond acceptors (Lipinski definition) is 3. The summed E-state index contributed by atoms with van der Waals surface area (Å²) in [5.74, 6) is -0.764. The molecule has 1 aromatic rings. The van der Waals surface area contributed by atoms with Crippen LogP contribution in [0.4, 0.5) is 4.39 Å². The van der Waals surface area contributed by atoms with E-state index in [1.165, 1.54) is 6.07 Å². The van der Waals surface area contributed by atoms with Crippen LogP contribution in [0.3, 0.4) is 0 Å². The lowest BCUT2D eigenvalue weighted by atomic mass is 10.0. The van der Waals surface area contributed by atoms with Gasteiger partial charge in [-0.25, -0.2) is 4.39 Å². The van der Waals surface area contributed by atoms with Crippen LogP contribution in [0.2, 0.25) is 5.02 Å². The molecule has 0 bridgehead atoms. The molecular formula is C10H12ClFN2O. The minimum absolute atomic E-state index is 0.0168. The van der Waals surface area contributed by atoms with Gasteiger partial charge in [0.2, 0.25) is 0 Å². The van der Waals surface area contributed by atoms with Crippen LogP contribution in [-0.4, -0.2) is 24.7 Å².